The van der Waals surface area contributed by atoms with E-state index in [2.05, 4.69) is 11.9 Å². The highest BCUT2D eigenvalue weighted by Crippen LogP contribution is 2.27. The van der Waals surface area contributed by atoms with Crippen LogP contribution in [0.25, 0.3) is 0 Å². The number of aliphatic carboxylic acids is 1. The van der Waals surface area contributed by atoms with Gasteiger partial charge in [0.05, 0.1) is 0 Å². The minimum atomic E-state index is -0.878. The van der Waals surface area contributed by atoms with E-state index < -0.39 is 12.0 Å². The summed E-state index contributed by atoms with van der Waals surface area (Å²) < 4.78 is 1.55. The van der Waals surface area contributed by atoms with Crippen LogP contribution in [-0.2, 0) is 11.3 Å². The summed E-state index contributed by atoms with van der Waals surface area (Å²) >= 11 is 0. The van der Waals surface area contributed by atoms with Gasteiger partial charge in [-0.15, -0.1) is 0 Å². The van der Waals surface area contributed by atoms with Gasteiger partial charge in [0.1, 0.15) is 6.04 Å². The van der Waals surface area contributed by atoms with Crippen molar-refractivity contribution < 1.29 is 9.90 Å². The molecule has 2 heterocycles. The fourth-order valence-corrected chi connectivity index (χ4v) is 2.78. The first-order valence-electron chi connectivity index (χ1n) is 7.13. The average molecular weight is 279 g/mol. The van der Waals surface area contributed by atoms with Crippen molar-refractivity contribution in [3.8, 4) is 0 Å². The van der Waals surface area contributed by atoms with E-state index in [1.807, 2.05) is 6.92 Å². The second-order valence-corrected chi connectivity index (χ2v) is 5.19. The lowest BCUT2D eigenvalue weighted by atomic mass is 9.89. The van der Waals surface area contributed by atoms with Gasteiger partial charge in [0.25, 0.3) is 5.56 Å². The molecule has 2 atom stereocenters. The van der Waals surface area contributed by atoms with E-state index in [0.29, 0.717) is 25.4 Å². The van der Waals surface area contributed by atoms with Gasteiger partial charge in [-0.05, 0) is 25.7 Å². The molecule has 6 heteroatoms. The number of piperidine rings is 1. The van der Waals surface area contributed by atoms with Gasteiger partial charge in [-0.3, -0.25) is 4.79 Å². The van der Waals surface area contributed by atoms with Crippen LogP contribution >= 0.6 is 0 Å². The number of nitrogens with zero attached hydrogens (tertiary/aromatic N) is 3. The van der Waals surface area contributed by atoms with Gasteiger partial charge >= 0.3 is 5.97 Å². The Bertz CT molecular complexity index is 541. The van der Waals surface area contributed by atoms with E-state index in [1.165, 1.54) is 0 Å². The molecule has 110 valence electrons. The molecule has 20 heavy (non-hydrogen) atoms. The first-order valence-corrected chi connectivity index (χ1v) is 7.13. The van der Waals surface area contributed by atoms with Gasteiger partial charge in [0, 0.05) is 25.5 Å². The molecule has 1 fully saturated rings. The van der Waals surface area contributed by atoms with E-state index in [0.717, 1.165) is 12.8 Å². The molecule has 2 rings (SSSR count). The predicted octanol–water partition coefficient (Wildman–Crippen LogP) is 1.34. The molecule has 1 aliphatic heterocycles. The van der Waals surface area contributed by atoms with Crippen molar-refractivity contribution in [3.63, 3.8) is 0 Å². The first kappa shape index (κ1) is 14.6. The van der Waals surface area contributed by atoms with E-state index in [1.54, 1.807) is 21.9 Å². The van der Waals surface area contributed by atoms with Gasteiger partial charge < -0.3 is 14.6 Å². The Kier molecular flexibility index (Phi) is 4.42. The fourth-order valence-electron chi connectivity index (χ4n) is 2.78. The number of carbonyl (C=O) groups is 1. The number of carboxylic acids is 1. The highest BCUT2D eigenvalue weighted by atomic mass is 16.4. The van der Waals surface area contributed by atoms with E-state index in [4.69, 9.17) is 0 Å². The zero-order chi connectivity index (χ0) is 14.7. The van der Waals surface area contributed by atoms with Crippen molar-refractivity contribution in [1.82, 2.24) is 9.55 Å². The number of aromatic nitrogens is 2. The summed E-state index contributed by atoms with van der Waals surface area (Å²) in [5, 5.41) is 9.42. The lowest BCUT2D eigenvalue weighted by Crippen LogP contribution is -2.50. The number of rotatable bonds is 4. The molecule has 1 saturated heterocycles. The molecule has 6 nitrogen and oxygen atoms in total. The number of hydrogen-bond donors (Lipinski definition) is 1. The smallest absolute Gasteiger partial charge is 0.326 e. The highest BCUT2D eigenvalue weighted by Gasteiger charge is 2.34. The van der Waals surface area contributed by atoms with Crippen molar-refractivity contribution in [1.29, 1.82) is 0 Å². The van der Waals surface area contributed by atoms with Gasteiger partial charge in [0.2, 0.25) is 0 Å². The molecule has 0 aliphatic carbocycles. The zero-order valence-corrected chi connectivity index (χ0v) is 12.0. The van der Waals surface area contributed by atoms with Crippen LogP contribution < -0.4 is 10.5 Å². The minimum Gasteiger partial charge on any atom is -0.480 e. The second-order valence-electron chi connectivity index (χ2n) is 5.19. The van der Waals surface area contributed by atoms with Crippen molar-refractivity contribution >= 4 is 11.8 Å². The summed E-state index contributed by atoms with van der Waals surface area (Å²) in [6, 6.07) is -0.651. The van der Waals surface area contributed by atoms with Crippen molar-refractivity contribution in [3.05, 3.63) is 22.7 Å². The Morgan fingerprint density at radius 3 is 2.85 bits per heavy atom. The lowest BCUT2D eigenvalue weighted by molar-refractivity contribution is -0.139. The summed E-state index contributed by atoms with van der Waals surface area (Å²) in [5.41, 5.74) is -0.212. The summed E-state index contributed by atoms with van der Waals surface area (Å²) in [6.45, 7) is 5.08. The van der Waals surface area contributed by atoms with Crippen LogP contribution in [0.4, 0.5) is 5.82 Å². The van der Waals surface area contributed by atoms with E-state index in [9.17, 15) is 14.7 Å². The Morgan fingerprint density at radius 2 is 2.25 bits per heavy atom. The molecule has 0 amide bonds. The normalized spacial score (nSPS) is 22.8. The molecule has 0 bridgehead atoms. The van der Waals surface area contributed by atoms with Crippen LogP contribution in [-0.4, -0.2) is 33.2 Å². The average Bonchev–Trinajstić information content (AvgIpc) is 2.47. The van der Waals surface area contributed by atoms with Crippen molar-refractivity contribution in [2.45, 2.75) is 45.7 Å². The zero-order valence-electron chi connectivity index (χ0n) is 12.0. The monoisotopic (exact) mass is 279 g/mol. The molecule has 1 aromatic rings. The fraction of sp³-hybridized carbons (Fsp3) is 0.643. The first-order chi connectivity index (χ1) is 9.58. The third-order valence-corrected chi connectivity index (χ3v) is 4.08. The van der Waals surface area contributed by atoms with Gasteiger partial charge in [0.15, 0.2) is 5.82 Å². The van der Waals surface area contributed by atoms with Crippen LogP contribution in [0, 0.1) is 5.92 Å². The Labute approximate surface area is 118 Å². The molecule has 0 spiro atoms. The Hall–Kier alpha value is -1.85. The maximum Gasteiger partial charge on any atom is 0.326 e. The summed E-state index contributed by atoms with van der Waals surface area (Å²) in [5.74, 6) is -0.211. The molecule has 0 radical (unpaired) electrons. The lowest BCUT2D eigenvalue weighted by Gasteiger charge is -2.37. The van der Waals surface area contributed by atoms with Crippen LogP contribution in [0.15, 0.2) is 17.2 Å². The van der Waals surface area contributed by atoms with Crippen molar-refractivity contribution in [2.75, 3.05) is 11.4 Å². The van der Waals surface area contributed by atoms with Gasteiger partial charge in [-0.25, -0.2) is 9.78 Å². The third kappa shape index (κ3) is 2.69. The predicted molar refractivity (Wildman–Crippen MR) is 76.0 cm³/mol. The summed E-state index contributed by atoms with van der Waals surface area (Å²) in [6.07, 6.45) is 5.64. The summed E-state index contributed by atoms with van der Waals surface area (Å²) in [4.78, 5) is 29.6. The maximum atomic E-state index is 12.3. The quantitative estimate of drug-likeness (QED) is 0.900. The highest BCUT2D eigenvalue weighted by molar-refractivity contribution is 5.77. The van der Waals surface area contributed by atoms with Gasteiger partial charge in [-0.2, -0.15) is 0 Å². The van der Waals surface area contributed by atoms with Crippen LogP contribution in [0.2, 0.25) is 0 Å². The molecular formula is C14H21N3O3. The molecular weight excluding hydrogens is 258 g/mol. The molecule has 1 aliphatic rings. The van der Waals surface area contributed by atoms with Crippen LogP contribution in [0.3, 0.4) is 0 Å². The standard InChI is InChI=1S/C14H21N3O3/c1-3-10-5-7-17(11(9-10)14(19)20)12-13(18)16(4-2)8-6-15-12/h6,8,10-11H,3-5,7,9H2,1-2H3,(H,19,20). The minimum absolute atomic E-state index is 0.212. The largest absolute Gasteiger partial charge is 0.480 e. The number of carboxylic acid groups (broad SMARTS) is 1. The maximum absolute atomic E-state index is 12.3. The van der Waals surface area contributed by atoms with Crippen LogP contribution in [0.5, 0.6) is 0 Å². The topological polar surface area (TPSA) is 75.4 Å². The third-order valence-electron chi connectivity index (χ3n) is 4.08. The number of anilines is 1. The molecule has 1 aromatic heterocycles. The van der Waals surface area contributed by atoms with E-state index >= 15 is 0 Å². The second kappa shape index (κ2) is 6.07. The summed E-state index contributed by atoms with van der Waals surface area (Å²) in [7, 11) is 0. The molecule has 0 aromatic carbocycles. The number of aryl methyl sites for hydroxylation is 1. The molecule has 2 unspecified atom stereocenters. The Balaban J connectivity index is 2.35. The van der Waals surface area contributed by atoms with Crippen LogP contribution in [0.1, 0.15) is 33.1 Å². The number of hydrogen-bond acceptors (Lipinski definition) is 4. The van der Waals surface area contributed by atoms with E-state index in [-0.39, 0.29) is 11.4 Å². The SMILES string of the molecule is CCC1CCN(c2nccn(CC)c2=O)C(C(=O)O)C1. The Morgan fingerprint density at radius 1 is 1.50 bits per heavy atom. The molecule has 0 saturated carbocycles. The van der Waals surface area contributed by atoms with Crippen molar-refractivity contribution in [2.24, 2.45) is 5.92 Å². The van der Waals surface area contributed by atoms with Gasteiger partial charge in [-0.1, -0.05) is 13.3 Å². The molecule has 1 N–H and O–H groups in total.